The highest BCUT2D eigenvalue weighted by Crippen LogP contribution is 2.36. The first-order chi connectivity index (χ1) is 10.1. The van der Waals surface area contributed by atoms with Crippen molar-refractivity contribution in [2.24, 2.45) is 0 Å². The largest absolute Gasteiger partial charge is 0.367 e. The van der Waals surface area contributed by atoms with E-state index in [1.807, 2.05) is 49.3 Å². The Bertz CT molecular complexity index is 702. The van der Waals surface area contributed by atoms with Crippen molar-refractivity contribution >= 4 is 39.0 Å². The van der Waals surface area contributed by atoms with Gasteiger partial charge in [0.25, 0.3) is 5.91 Å². The molecule has 21 heavy (non-hydrogen) atoms. The first-order valence-corrected chi connectivity index (χ1v) is 7.35. The van der Waals surface area contributed by atoms with Crippen LogP contribution < -0.4 is 15.5 Å². The van der Waals surface area contributed by atoms with E-state index in [0.717, 1.165) is 27.2 Å². The van der Waals surface area contributed by atoms with E-state index in [1.165, 1.54) is 0 Å². The summed E-state index contributed by atoms with van der Waals surface area (Å²) < 4.78 is 0.948. The van der Waals surface area contributed by atoms with Gasteiger partial charge in [-0.25, -0.2) is 4.98 Å². The summed E-state index contributed by atoms with van der Waals surface area (Å²) in [7, 11) is 3.85. The van der Waals surface area contributed by atoms with E-state index in [4.69, 9.17) is 0 Å². The molecule has 1 aliphatic rings. The molecular formula is C15H15BrN4O. The Morgan fingerprint density at radius 3 is 2.90 bits per heavy atom. The number of hydrogen-bond acceptors (Lipinski definition) is 4. The second kappa shape index (κ2) is 5.37. The molecule has 2 heterocycles. The molecule has 0 spiro atoms. The average Bonchev–Trinajstić information content (AvgIpc) is 2.75. The zero-order valence-electron chi connectivity index (χ0n) is 11.7. The first kappa shape index (κ1) is 13.9. The molecule has 0 saturated heterocycles. The summed E-state index contributed by atoms with van der Waals surface area (Å²) in [6, 6.07) is 9.12. The Hall–Kier alpha value is -2.08. The van der Waals surface area contributed by atoms with Gasteiger partial charge in [-0.05, 0) is 30.3 Å². The molecule has 2 aromatic rings. The van der Waals surface area contributed by atoms with Crippen molar-refractivity contribution in [2.45, 2.75) is 6.04 Å². The van der Waals surface area contributed by atoms with Gasteiger partial charge < -0.3 is 15.5 Å². The molecule has 0 saturated carbocycles. The van der Waals surface area contributed by atoms with Crippen LogP contribution in [-0.2, 0) is 4.79 Å². The summed E-state index contributed by atoms with van der Waals surface area (Å²) in [6.07, 6.45) is 1.74. The number of rotatable bonds is 3. The van der Waals surface area contributed by atoms with Crippen LogP contribution in [0.1, 0.15) is 11.6 Å². The molecule has 2 N–H and O–H groups in total. The maximum absolute atomic E-state index is 12.2. The lowest BCUT2D eigenvalue weighted by atomic mass is 10.1. The van der Waals surface area contributed by atoms with Gasteiger partial charge in [0.2, 0.25) is 0 Å². The fourth-order valence-electron chi connectivity index (χ4n) is 2.40. The molecule has 1 aliphatic heterocycles. The monoisotopic (exact) mass is 346 g/mol. The third-order valence-corrected chi connectivity index (χ3v) is 3.85. The molecule has 5 nitrogen and oxygen atoms in total. The smallest absolute Gasteiger partial charge is 0.251 e. The Morgan fingerprint density at radius 1 is 1.33 bits per heavy atom. The highest BCUT2D eigenvalue weighted by molar-refractivity contribution is 9.10. The number of benzene rings is 1. The molecule has 0 aliphatic carbocycles. The fraction of sp³-hybridized carbons (Fsp3) is 0.200. The summed E-state index contributed by atoms with van der Waals surface area (Å²) >= 11 is 3.45. The van der Waals surface area contributed by atoms with Crippen LogP contribution in [0, 0.1) is 0 Å². The van der Waals surface area contributed by atoms with E-state index in [9.17, 15) is 4.79 Å². The number of carbonyl (C=O) groups is 1. The molecule has 1 atom stereocenters. The number of carbonyl (C=O) groups excluding carboxylic acids is 1. The quantitative estimate of drug-likeness (QED) is 0.896. The maximum atomic E-state index is 12.2. The van der Waals surface area contributed by atoms with Crippen molar-refractivity contribution < 1.29 is 4.79 Å². The minimum absolute atomic E-state index is 0.0586. The number of aromatic nitrogens is 1. The zero-order chi connectivity index (χ0) is 15.0. The number of anilines is 3. The Morgan fingerprint density at radius 2 is 2.14 bits per heavy atom. The lowest BCUT2D eigenvalue weighted by Crippen LogP contribution is -2.22. The third kappa shape index (κ3) is 2.58. The fourth-order valence-corrected chi connectivity index (χ4v) is 2.78. The van der Waals surface area contributed by atoms with E-state index >= 15 is 0 Å². The predicted molar refractivity (Wildman–Crippen MR) is 87.7 cm³/mol. The maximum Gasteiger partial charge on any atom is 0.251 e. The molecule has 1 aromatic carbocycles. The molecule has 6 heteroatoms. The van der Waals surface area contributed by atoms with Crippen LogP contribution in [0.2, 0.25) is 0 Å². The Kier molecular flexibility index (Phi) is 3.55. The molecule has 1 unspecified atom stereocenters. The highest BCUT2D eigenvalue weighted by Gasteiger charge is 2.31. The van der Waals surface area contributed by atoms with E-state index in [0.29, 0.717) is 0 Å². The first-order valence-electron chi connectivity index (χ1n) is 6.55. The number of amides is 1. The SMILES string of the molecule is CN(C)c1ncccc1NC1C(=O)Nc2ccc(Br)cc21. The summed E-state index contributed by atoms with van der Waals surface area (Å²) in [5.74, 6) is 0.741. The van der Waals surface area contributed by atoms with Crippen molar-refractivity contribution in [2.75, 3.05) is 29.6 Å². The summed E-state index contributed by atoms with van der Waals surface area (Å²) in [4.78, 5) is 18.5. The molecule has 108 valence electrons. The predicted octanol–water partition coefficient (Wildman–Crippen LogP) is 3.02. The van der Waals surface area contributed by atoms with Crippen molar-refractivity contribution in [3.63, 3.8) is 0 Å². The Labute approximate surface area is 131 Å². The summed E-state index contributed by atoms with van der Waals surface area (Å²) in [5, 5.41) is 6.17. The van der Waals surface area contributed by atoms with E-state index < -0.39 is 6.04 Å². The van der Waals surface area contributed by atoms with Crippen LogP contribution >= 0.6 is 15.9 Å². The van der Waals surface area contributed by atoms with Gasteiger partial charge >= 0.3 is 0 Å². The average molecular weight is 347 g/mol. The van der Waals surface area contributed by atoms with Crippen LogP contribution in [0.4, 0.5) is 17.2 Å². The van der Waals surface area contributed by atoms with Crippen molar-refractivity contribution in [1.29, 1.82) is 0 Å². The lowest BCUT2D eigenvalue weighted by Gasteiger charge is -2.19. The van der Waals surface area contributed by atoms with Crippen LogP contribution in [0.25, 0.3) is 0 Å². The molecule has 3 rings (SSSR count). The number of nitrogens with one attached hydrogen (secondary N) is 2. The number of fused-ring (bicyclic) bond motifs is 1. The van der Waals surface area contributed by atoms with Gasteiger partial charge in [-0.3, -0.25) is 4.79 Å². The van der Waals surface area contributed by atoms with Gasteiger partial charge in [0.05, 0.1) is 5.69 Å². The van der Waals surface area contributed by atoms with Gasteiger partial charge in [0.1, 0.15) is 6.04 Å². The highest BCUT2D eigenvalue weighted by atomic mass is 79.9. The number of nitrogens with zero attached hydrogens (tertiary/aromatic N) is 2. The van der Waals surface area contributed by atoms with Gasteiger partial charge in [-0.15, -0.1) is 0 Å². The molecule has 0 bridgehead atoms. The van der Waals surface area contributed by atoms with E-state index in [2.05, 4.69) is 31.5 Å². The van der Waals surface area contributed by atoms with Crippen molar-refractivity contribution in [3.8, 4) is 0 Å². The van der Waals surface area contributed by atoms with Gasteiger partial charge in [-0.2, -0.15) is 0 Å². The van der Waals surface area contributed by atoms with Gasteiger partial charge in [-0.1, -0.05) is 15.9 Å². The topological polar surface area (TPSA) is 57.3 Å². The Balaban J connectivity index is 1.96. The number of pyridine rings is 1. The normalized spacial score (nSPS) is 16.3. The van der Waals surface area contributed by atoms with Crippen LogP contribution in [-0.4, -0.2) is 25.0 Å². The van der Waals surface area contributed by atoms with E-state index in [1.54, 1.807) is 6.20 Å². The molecule has 0 radical (unpaired) electrons. The van der Waals surface area contributed by atoms with Crippen molar-refractivity contribution in [3.05, 3.63) is 46.6 Å². The minimum atomic E-state index is -0.416. The van der Waals surface area contributed by atoms with E-state index in [-0.39, 0.29) is 5.91 Å². The number of hydrogen-bond donors (Lipinski definition) is 2. The molecule has 0 fully saturated rings. The van der Waals surface area contributed by atoms with Crippen LogP contribution in [0.5, 0.6) is 0 Å². The van der Waals surface area contributed by atoms with Crippen LogP contribution in [0.3, 0.4) is 0 Å². The molecule has 1 aromatic heterocycles. The van der Waals surface area contributed by atoms with Crippen LogP contribution in [0.15, 0.2) is 41.0 Å². The number of halogens is 1. The second-order valence-electron chi connectivity index (χ2n) is 5.07. The van der Waals surface area contributed by atoms with Gasteiger partial charge in [0, 0.05) is 36.0 Å². The summed E-state index contributed by atoms with van der Waals surface area (Å²) in [6.45, 7) is 0. The molecule has 1 amide bonds. The third-order valence-electron chi connectivity index (χ3n) is 3.35. The zero-order valence-corrected chi connectivity index (χ0v) is 13.3. The minimum Gasteiger partial charge on any atom is -0.367 e. The van der Waals surface area contributed by atoms with Crippen molar-refractivity contribution in [1.82, 2.24) is 4.98 Å². The lowest BCUT2D eigenvalue weighted by molar-refractivity contribution is -0.116. The standard InChI is InChI=1S/C15H15BrN4O/c1-20(2)14-12(4-3-7-17-14)18-13-10-8-9(16)5-6-11(10)19-15(13)21/h3-8,13,18H,1-2H3,(H,19,21). The summed E-state index contributed by atoms with van der Waals surface area (Å²) in [5.41, 5.74) is 2.61. The molecular weight excluding hydrogens is 332 g/mol. The van der Waals surface area contributed by atoms with Gasteiger partial charge in [0.15, 0.2) is 5.82 Å². The second-order valence-corrected chi connectivity index (χ2v) is 5.98.